The van der Waals surface area contributed by atoms with Gasteiger partial charge in [-0.25, -0.2) is 9.78 Å². The van der Waals surface area contributed by atoms with Crippen LogP contribution in [0.3, 0.4) is 0 Å². The van der Waals surface area contributed by atoms with Gasteiger partial charge in [0, 0.05) is 19.3 Å². The topological polar surface area (TPSA) is 74.7 Å². The summed E-state index contributed by atoms with van der Waals surface area (Å²) < 4.78 is 5.29. The van der Waals surface area contributed by atoms with E-state index in [-0.39, 0.29) is 18.7 Å². The number of aromatic nitrogens is 1. The maximum absolute atomic E-state index is 11.8. The van der Waals surface area contributed by atoms with Gasteiger partial charge in [0.15, 0.2) is 0 Å². The fourth-order valence-electron chi connectivity index (χ4n) is 1.91. The standard InChI is InChI=1S/C14H21N3O3/c1-14(2,3)20-13(19)17-7-11(8-17)16-12-6-10(9-18)4-5-15-12/h4-6,11,18H,7-9H2,1-3H3,(H,15,16). The third kappa shape index (κ3) is 3.84. The minimum atomic E-state index is -0.466. The van der Waals surface area contributed by atoms with E-state index in [4.69, 9.17) is 9.84 Å². The van der Waals surface area contributed by atoms with E-state index < -0.39 is 5.60 Å². The van der Waals surface area contributed by atoms with Gasteiger partial charge in [-0.2, -0.15) is 0 Å². The molecule has 1 amide bonds. The van der Waals surface area contributed by atoms with Crippen LogP contribution in [0.2, 0.25) is 0 Å². The summed E-state index contributed by atoms with van der Waals surface area (Å²) in [6, 6.07) is 3.73. The molecule has 1 saturated heterocycles. The molecule has 2 heterocycles. The van der Waals surface area contributed by atoms with Crippen LogP contribution in [0.4, 0.5) is 10.6 Å². The van der Waals surface area contributed by atoms with Crippen LogP contribution in [0.1, 0.15) is 26.3 Å². The molecule has 0 unspecified atom stereocenters. The van der Waals surface area contributed by atoms with Crippen molar-refractivity contribution in [3.63, 3.8) is 0 Å². The van der Waals surface area contributed by atoms with Crippen LogP contribution in [0.5, 0.6) is 0 Å². The van der Waals surface area contributed by atoms with Crippen molar-refractivity contribution in [2.45, 2.75) is 39.0 Å². The Morgan fingerprint density at radius 3 is 2.85 bits per heavy atom. The van der Waals surface area contributed by atoms with Gasteiger partial charge in [0.1, 0.15) is 11.4 Å². The Balaban J connectivity index is 1.80. The summed E-state index contributed by atoms with van der Waals surface area (Å²) in [6.45, 7) is 6.74. The Hall–Kier alpha value is -1.82. The Morgan fingerprint density at radius 2 is 2.25 bits per heavy atom. The highest BCUT2D eigenvalue weighted by molar-refractivity contribution is 5.69. The number of hydrogen-bond donors (Lipinski definition) is 2. The highest BCUT2D eigenvalue weighted by Crippen LogP contribution is 2.18. The number of amides is 1. The molecule has 0 saturated carbocycles. The lowest BCUT2D eigenvalue weighted by Gasteiger charge is -2.40. The summed E-state index contributed by atoms with van der Waals surface area (Å²) in [5, 5.41) is 12.3. The average molecular weight is 279 g/mol. The highest BCUT2D eigenvalue weighted by Gasteiger charge is 2.33. The Labute approximate surface area is 118 Å². The summed E-state index contributed by atoms with van der Waals surface area (Å²) in [5.74, 6) is 0.713. The number of carbonyl (C=O) groups excluding carboxylic acids is 1. The number of anilines is 1. The largest absolute Gasteiger partial charge is 0.444 e. The first kappa shape index (κ1) is 14.6. The van der Waals surface area contributed by atoms with Crippen molar-refractivity contribution in [1.29, 1.82) is 0 Å². The molecule has 0 bridgehead atoms. The summed E-state index contributed by atoms with van der Waals surface area (Å²) in [7, 11) is 0. The molecule has 20 heavy (non-hydrogen) atoms. The number of likely N-dealkylation sites (tertiary alicyclic amines) is 1. The molecule has 2 rings (SSSR count). The average Bonchev–Trinajstić information content (AvgIpc) is 2.31. The van der Waals surface area contributed by atoms with E-state index in [0.717, 1.165) is 5.56 Å². The zero-order valence-corrected chi connectivity index (χ0v) is 12.1. The predicted octanol–water partition coefficient (Wildman–Crippen LogP) is 1.61. The van der Waals surface area contributed by atoms with Gasteiger partial charge in [0.05, 0.1) is 12.6 Å². The first-order valence-electron chi connectivity index (χ1n) is 6.67. The summed E-state index contributed by atoms with van der Waals surface area (Å²) in [6.07, 6.45) is 1.37. The number of pyridine rings is 1. The van der Waals surface area contributed by atoms with Crippen molar-refractivity contribution in [3.05, 3.63) is 23.9 Å². The zero-order valence-electron chi connectivity index (χ0n) is 12.1. The second-order valence-electron chi connectivity index (χ2n) is 5.93. The van der Waals surface area contributed by atoms with Gasteiger partial charge in [-0.3, -0.25) is 0 Å². The number of nitrogens with one attached hydrogen (secondary N) is 1. The smallest absolute Gasteiger partial charge is 0.410 e. The molecule has 6 nitrogen and oxygen atoms in total. The molecule has 110 valence electrons. The van der Waals surface area contributed by atoms with E-state index in [1.165, 1.54) is 0 Å². The fraction of sp³-hybridized carbons (Fsp3) is 0.571. The fourth-order valence-corrected chi connectivity index (χ4v) is 1.91. The van der Waals surface area contributed by atoms with E-state index >= 15 is 0 Å². The van der Waals surface area contributed by atoms with E-state index in [2.05, 4.69) is 10.3 Å². The van der Waals surface area contributed by atoms with Crippen LogP contribution in [0.25, 0.3) is 0 Å². The molecule has 1 aromatic heterocycles. The molecule has 0 radical (unpaired) electrons. The monoisotopic (exact) mass is 279 g/mol. The minimum Gasteiger partial charge on any atom is -0.444 e. The number of ether oxygens (including phenoxy) is 1. The number of nitrogens with zero attached hydrogens (tertiary/aromatic N) is 2. The van der Waals surface area contributed by atoms with Gasteiger partial charge in [-0.1, -0.05) is 0 Å². The van der Waals surface area contributed by atoms with Crippen LogP contribution in [-0.2, 0) is 11.3 Å². The Kier molecular flexibility index (Phi) is 4.13. The van der Waals surface area contributed by atoms with Crippen LogP contribution in [0.15, 0.2) is 18.3 Å². The highest BCUT2D eigenvalue weighted by atomic mass is 16.6. The lowest BCUT2D eigenvalue weighted by molar-refractivity contribution is 0.0104. The van der Waals surface area contributed by atoms with Crippen LogP contribution < -0.4 is 5.32 Å². The molecule has 2 N–H and O–H groups in total. The van der Waals surface area contributed by atoms with Gasteiger partial charge in [0.2, 0.25) is 0 Å². The second-order valence-corrected chi connectivity index (χ2v) is 5.93. The molecule has 0 aliphatic carbocycles. The minimum absolute atomic E-state index is 0.00804. The number of aliphatic hydroxyl groups excluding tert-OH is 1. The Morgan fingerprint density at radius 1 is 1.55 bits per heavy atom. The van der Waals surface area contributed by atoms with Gasteiger partial charge in [-0.05, 0) is 38.5 Å². The number of rotatable bonds is 3. The van der Waals surface area contributed by atoms with Gasteiger partial charge < -0.3 is 20.1 Å². The van der Waals surface area contributed by atoms with E-state index in [0.29, 0.717) is 18.9 Å². The maximum atomic E-state index is 11.8. The van der Waals surface area contributed by atoms with E-state index in [9.17, 15) is 4.79 Å². The van der Waals surface area contributed by atoms with E-state index in [1.54, 1.807) is 23.2 Å². The lowest BCUT2D eigenvalue weighted by Crippen LogP contribution is -2.58. The quantitative estimate of drug-likeness (QED) is 0.879. The molecule has 0 atom stereocenters. The van der Waals surface area contributed by atoms with Crippen molar-refractivity contribution >= 4 is 11.9 Å². The normalized spacial score (nSPS) is 15.7. The van der Waals surface area contributed by atoms with Crippen LogP contribution in [0, 0.1) is 0 Å². The molecule has 0 spiro atoms. The molecule has 1 aromatic rings. The number of hydrogen-bond acceptors (Lipinski definition) is 5. The van der Waals surface area contributed by atoms with Crippen molar-refractivity contribution in [1.82, 2.24) is 9.88 Å². The first-order chi connectivity index (χ1) is 9.37. The molecular formula is C14H21N3O3. The maximum Gasteiger partial charge on any atom is 0.410 e. The molecule has 1 fully saturated rings. The lowest BCUT2D eigenvalue weighted by atomic mass is 10.1. The van der Waals surface area contributed by atoms with Crippen LogP contribution >= 0.6 is 0 Å². The zero-order chi connectivity index (χ0) is 14.8. The summed E-state index contributed by atoms with van der Waals surface area (Å²) in [5.41, 5.74) is 0.345. The van der Waals surface area contributed by atoms with Crippen molar-refractivity contribution in [3.8, 4) is 0 Å². The van der Waals surface area contributed by atoms with Gasteiger partial charge in [-0.15, -0.1) is 0 Å². The Bertz CT molecular complexity index is 479. The second kappa shape index (κ2) is 5.66. The third-order valence-electron chi connectivity index (χ3n) is 2.89. The molecular weight excluding hydrogens is 258 g/mol. The SMILES string of the molecule is CC(C)(C)OC(=O)N1CC(Nc2cc(CO)ccn2)C1. The third-order valence-corrected chi connectivity index (χ3v) is 2.89. The van der Waals surface area contributed by atoms with Crippen molar-refractivity contribution < 1.29 is 14.6 Å². The van der Waals surface area contributed by atoms with Gasteiger partial charge >= 0.3 is 6.09 Å². The molecule has 0 aromatic carbocycles. The first-order valence-corrected chi connectivity index (χ1v) is 6.67. The predicted molar refractivity (Wildman–Crippen MR) is 75.4 cm³/mol. The van der Waals surface area contributed by atoms with Crippen LogP contribution in [-0.4, -0.2) is 45.8 Å². The number of carbonyl (C=O) groups is 1. The molecule has 1 aliphatic heterocycles. The summed E-state index contributed by atoms with van der Waals surface area (Å²) >= 11 is 0. The van der Waals surface area contributed by atoms with Crippen molar-refractivity contribution in [2.24, 2.45) is 0 Å². The number of aliphatic hydroxyl groups is 1. The van der Waals surface area contributed by atoms with E-state index in [1.807, 2.05) is 20.8 Å². The van der Waals surface area contributed by atoms with Gasteiger partial charge in [0.25, 0.3) is 0 Å². The summed E-state index contributed by atoms with van der Waals surface area (Å²) in [4.78, 5) is 17.6. The van der Waals surface area contributed by atoms with Crippen molar-refractivity contribution in [2.75, 3.05) is 18.4 Å². The molecule has 6 heteroatoms. The molecule has 1 aliphatic rings.